The van der Waals surface area contributed by atoms with E-state index in [9.17, 15) is 14.4 Å². The van der Waals surface area contributed by atoms with E-state index in [0.717, 1.165) is 0 Å². The smallest absolute Gasteiger partial charge is 0.329 e. The Hall–Kier alpha value is -2.17. The molecule has 0 radical (unpaired) electrons. The summed E-state index contributed by atoms with van der Waals surface area (Å²) in [7, 11) is 0. The van der Waals surface area contributed by atoms with Gasteiger partial charge in [0.15, 0.2) is 0 Å². The third kappa shape index (κ3) is 1.80. The molecule has 1 aromatic rings. The molecule has 0 saturated carbocycles. The standard InChI is InChI=1S/C12H11NO4/c1-7(2)12(16)17-13-10(14)8-5-3-4-6-9(8)11(13)15/h3-7H,1-2H3. The zero-order chi connectivity index (χ0) is 12.6. The number of amides is 2. The van der Waals surface area contributed by atoms with Crippen molar-refractivity contribution in [2.45, 2.75) is 13.8 Å². The van der Waals surface area contributed by atoms with E-state index in [1.54, 1.807) is 26.0 Å². The second-order valence-electron chi connectivity index (χ2n) is 4.02. The van der Waals surface area contributed by atoms with Crippen LogP contribution in [0.3, 0.4) is 0 Å². The third-order valence-electron chi connectivity index (χ3n) is 2.41. The van der Waals surface area contributed by atoms with Crippen LogP contribution < -0.4 is 0 Å². The highest BCUT2D eigenvalue weighted by atomic mass is 16.7. The van der Waals surface area contributed by atoms with Gasteiger partial charge in [0.1, 0.15) is 0 Å². The number of carbonyl (C=O) groups excluding carboxylic acids is 3. The van der Waals surface area contributed by atoms with Crippen molar-refractivity contribution >= 4 is 17.8 Å². The highest BCUT2D eigenvalue weighted by molar-refractivity contribution is 6.20. The van der Waals surface area contributed by atoms with Gasteiger partial charge in [-0.15, -0.1) is 0 Å². The topological polar surface area (TPSA) is 63.7 Å². The summed E-state index contributed by atoms with van der Waals surface area (Å²) in [5.74, 6) is -2.21. The Balaban J connectivity index is 2.28. The maximum Gasteiger partial charge on any atom is 0.335 e. The Morgan fingerprint density at radius 1 is 1.12 bits per heavy atom. The van der Waals surface area contributed by atoms with Gasteiger partial charge in [0.2, 0.25) is 0 Å². The summed E-state index contributed by atoms with van der Waals surface area (Å²) in [6, 6.07) is 6.35. The minimum atomic E-state index is -0.612. The van der Waals surface area contributed by atoms with Crippen LogP contribution in [0.1, 0.15) is 34.6 Å². The van der Waals surface area contributed by atoms with Gasteiger partial charge in [-0.1, -0.05) is 31.0 Å². The van der Waals surface area contributed by atoms with Crippen molar-refractivity contribution in [1.29, 1.82) is 0 Å². The molecule has 0 bridgehead atoms. The molecule has 1 aromatic carbocycles. The van der Waals surface area contributed by atoms with Crippen LogP contribution in [0.2, 0.25) is 0 Å². The Bertz CT molecular complexity index is 472. The molecule has 2 amide bonds. The fourth-order valence-electron chi connectivity index (χ4n) is 1.45. The molecule has 0 aromatic heterocycles. The SMILES string of the molecule is CC(C)C(=O)ON1C(=O)c2ccccc2C1=O. The van der Waals surface area contributed by atoms with E-state index < -0.39 is 23.7 Å². The van der Waals surface area contributed by atoms with Crippen LogP contribution in [0.25, 0.3) is 0 Å². The molecule has 0 fully saturated rings. The van der Waals surface area contributed by atoms with Crippen molar-refractivity contribution in [3.8, 4) is 0 Å². The van der Waals surface area contributed by atoms with E-state index in [1.807, 2.05) is 0 Å². The second-order valence-corrected chi connectivity index (χ2v) is 4.02. The van der Waals surface area contributed by atoms with Gasteiger partial charge in [0, 0.05) is 0 Å². The van der Waals surface area contributed by atoms with Crippen LogP contribution >= 0.6 is 0 Å². The predicted molar refractivity (Wildman–Crippen MR) is 57.9 cm³/mol. The predicted octanol–water partition coefficient (Wildman–Crippen LogP) is 1.40. The molecule has 0 aliphatic carbocycles. The number of hydrogen-bond acceptors (Lipinski definition) is 4. The van der Waals surface area contributed by atoms with E-state index in [1.165, 1.54) is 12.1 Å². The van der Waals surface area contributed by atoms with Crippen LogP contribution in [0.4, 0.5) is 0 Å². The molecule has 0 spiro atoms. The number of carbonyl (C=O) groups is 3. The van der Waals surface area contributed by atoms with E-state index in [4.69, 9.17) is 4.84 Å². The third-order valence-corrected chi connectivity index (χ3v) is 2.41. The molecular formula is C12H11NO4. The fraction of sp³-hybridized carbons (Fsp3) is 0.250. The average Bonchev–Trinajstić information content (AvgIpc) is 2.55. The van der Waals surface area contributed by atoms with Crippen molar-refractivity contribution in [2.24, 2.45) is 5.92 Å². The highest BCUT2D eigenvalue weighted by Crippen LogP contribution is 2.23. The molecule has 88 valence electrons. The summed E-state index contributed by atoms with van der Waals surface area (Å²) in [5, 5.41) is 0.521. The highest BCUT2D eigenvalue weighted by Gasteiger charge is 2.38. The molecule has 0 unspecified atom stereocenters. The minimum absolute atomic E-state index is 0.258. The van der Waals surface area contributed by atoms with Crippen molar-refractivity contribution < 1.29 is 19.2 Å². The molecular weight excluding hydrogens is 222 g/mol. The molecule has 17 heavy (non-hydrogen) atoms. The normalized spacial score (nSPS) is 14.2. The number of rotatable bonds is 2. The zero-order valence-electron chi connectivity index (χ0n) is 9.47. The summed E-state index contributed by atoms with van der Waals surface area (Å²) < 4.78 is 0. The van der Waals surface area contributed by atoms with Gasteiger partial charge in [-0.05, 0) is 12.1 Å². The fourth-order valence-corrected chi connectivity index (χ4v) is 1.45. The van der Waals surface area contributed by atoms with Gasteiger partial charge in [-0.25, -0.2) is 4.79 Å². The monoisotopic (exact) mass is 233 g/mol. The quantitative estimate of drug-likeness (QED) is 0.724. The van der Waals surface area contributed by atoms with Gasteiger partial charge in [0.05, 0.1) is 17.0 Å². The van der Waals surface area contributed by atoms with Crippen molar-refractivity contribution in [3.05, 3.63) is 35.4 Å². The lowest BCUT2D eigenvalue weighted by Crippen LogP contribution is -2.34. The summed E-state index contributed by atoms with van der Waals surface area (Å²) in [6.07, 6.45) is 0. The Kier molecular flexibility index (Phi) is 2.67. The van der Waals surface area contributed by atoms with E-state index >= 15 is 0 Å². The first-order chi connectivity index (χ1) is 8.02. The molecule has 1 aliphatic heterocycles. The lowest BCUT2D eigenvalue weighted by molar-refractivity contribution is -0.172. The zero-order valence-corrected chi connectivity index (χ0v) is 9.47. The molecule has 0 saturated heterocycles. The van der Waals surface area contributed by atoms with Crippen LogP contribution in [0, 0.1) is 5.92 Å². The molecule has 1 heterocycles. The minimum Gasteiger partial charge on any atom is -0.329 e. The molecule has 2 rings (SSSR count). The molecule has 0 N–H and O–H groups in total. The van der Waals surface area contributed by atoms with E-state index in [-0.39, 0.29) is 11.1 Å². The summed E-state index contributed by atoms with van der Waals surface area (Å²) in [6.45, 7) is 3.25. The summed E-state index contributed by atoms with van der Waals surface area (Å²) in [5.41, 5.74) is 0.517. The largest absolute Gasteiger partial charge is 0.335 e. The number of nitrogens with zero attached hydrogens (tertiary/aromatic N) is 1. The Morgan fingerprint density at radius 2 is 1.59 bits per heavy atom. The van der Waals surface area contributed by atoms with Gasteiger partial charge in [-0.2, -0.15) is 0 Å². The van der Waals surface area contributed by atoms with Crippen LogP contribution in [0.5, 0.6) is 0 Å². The van der Waals surface area contributed by atoms with E-state index in [2.05, 4.69) is 0 Å². The Morgan fingerprint density at radius 3 is 2.00 bits per heavy atom. The van der Waals surface area contributed by atoms with Crippen LogP contribution in [0.15, 0.2) is 24.3 Å². The van der Waals surface area contributed by atoms with Crippen LogP contribution in [-0.2, 0) is 9.63 Å². The van der Waals surface area contributed by atoms with Gasteiger partial charge < -0.3 is 4.84 Å². The maximum absolute atomic E-state index is 11.8. The first kappa shape index (κ1) is 11.3. The lowest BCUT2D eigenvalue weighted by atomic mass is 10.1. The summed E-state index contributed by atoms with van der Waals surface area (Å²) >= 11 is 0. The summed E-state index contributed by atoms with van der Waals surface area (Å²) in [4.78, 5) is 39.7. The lowest BCUT2D eigenvalue weighted by Gasteiger charge is -2.13. The molecule has 1 aliphatic rings. The van der Waals surface area contributed by atoms with Gasteiger partial charge >= 0.3 is 5.97 Å². The van der Waals surface area contributed by atoms with Crippen molar-refractivity contribution in [1.82, 2.24) is 5.06 Å². The number of imide groups is 1. The second kappa shape index (κ2) is 4.01. The first-order valence-corrected chi connectivity index (χ1v) is 5.22. The molecule has 5 nitrogen and oxygen atoms in total. The maximum atomic E-state index is 11.8. The van der Waals surface area contributed by atoms with Crippen LogP contribution in [-0.4, -0.2) is 22.8 Å². The van der Waals surface area contributed by atoms with Crippen molar-refractivity contribution in [2.75, 3.05) is 0 Å². The number of hydroxylamine groups is 2. The number of hydrogen-bond donors (Lipinski definition) is 0. The number of fused-ring (bicyclic) bond motifs is 1. The molecule has 0 atom stereocenters. The van der Waals surface area contributed by atoms with Crippen molar-refractivity contribution in [3.63, 3.8) is 0 Å². The first-order valence-electron chi connectivity index (χ1n) is 5.22. The van der Waals surface area contributed by atoms with Gasteiger partial charge in [-0.3, -0.25) is 9.59 Å². The molecule has 5 heteroatoms. The van der Waals surface area contributed by atoms with Gasteiger partial charge in [0.25, 0.3) is 11.8 Å². The van der Waals surface area contributed by atoms with E-state index in [0.29, 0.717) is 5.06 Å². The average molecular weight is 233 g/mol. The Labute approximate surface area is 97.9 Å². The number of benzene rings is 1.